The second kappa shape index (κ2) is 3.25. The van der Waals surface area contributed by atoms with Gasteiger partial charge in [0.15, 0.2) is 11.5 Å². The predicted molar refractivity (Wildman–Crippen MR) is 41.3 cm³/mol. The summed E-state index contributed by atoms with van der Waals surface area (Å²) in [6.07, 6.45) is 0. The molecule has 0 aliphatic carbocycles. The van der Waals surface area contributed by atoms with Gasteiger partial charge in [0.25, 0.3) is 0 Å². The first kappa shape index (κ1) is 7.88. The highest BCUT2D eigenvalue weighted by Crippen LogP contribution is 2.25. The Morgan fingerprint density at radius 3 is 2.82 bits per heavy atom. The number of benzene rings is 1. The Labute approximate surface area is 65.4 Å². The Morgan fingerprint density at radius 1 is 1.55 bits per heavy atom. The lowest BCUT2D eigenvalue weighted by Crippen LogP contribution is -2.47. The molecule has 0 aliphatic rings. The molecule has 0 amide bonds. The molecule has 0 fully saturated rings. The van der Waals surface area contributed by atoms with E-state index in [2.05, 4.69) is 5.73 Å². The van der Waals surface area contributed by atoms with Crippen LogP contribution in [0.5, 0.6) is 11.5 Å². The fraction of sp³-hybridized carbons (Fsp3) is 0.250. The van der Waals surface area contributed by atoms with Crippen LogP contribution >= 0.6 is 0 Å². The second-order valence-electron chi connectivity index (χ2n) is 2.26. The summed E-state index contributed by atoms with van der Waals surface area (Å²) >= 11 is 0. The van der Waals surface area contributed by atoms with Crippen LogP contribution in [0.4, 0.5) is 0 Å². The van der Waals surface area contributed by atoms with Gasteiger partial charge in [0.2, 0.25) is 0 Å². The molecule has 0 saturated heterocycles. The molecule has 0 spiro atoms. The number of quaternary nitrogens is 1. The molecule has 1 aromatic carbocycles. The number of ether oxygens (including phenoxy) is 1. The van der Waals surface area contributed by atoms with E-state index in [0.717, 1.165) is 5.56 Å². The number of hydrogen-bond acceptors (Lipinski definition) is 2. The zero-order valence-corrected chi connectivity index (χ0v) is 6.50. The lowest BCUT2D eigenvalue weighted by molar-refractivity contribution is -0.386. The van der Waals surface area contributed by atoms with E-state index in [1.807, 2.05) is 6.07 Å². The Bertz CT molecular complexity index is 248. The minimum atomic E-state index is 0.171. The van der Waals surface area contributed by atoms with Gasteiger partial charge in [-0.3, -0.25) is 0 Å². The van der Waals surface area contributed by atoms with Crippen molar-refractivity contribution in [1.29, 1.82) is 0 Å². The van der Waals surface area contributed by atoms with E-state index in [1.54, 1.807) is 12.1 Å². The summed E-state index contributed by atoms with van der Waals surface area (Å²) < 4.78 is 4.91. The van der Waals surface area contributed by atoms with Crippen LogP contribution in [0.25, 0.3) is 0 Å². The van der Waals surface area contributed by atoms with E-state index in [9.17, 15) is 5.11 Å². The van der Waals surface area contributed by atoms with Crippen molar-refractivity contribution < 1.29 is 15.6 Å². The third-order valence-corrected chi connectivity index (χ3v) is 1.53. The summed E-state index contributed by atoms with van der Waals surface area (Å²) in [6, 6.07) is 5.21. The van der Waals surface area contributed by atoms with Gasteiger partial charge in [-0.05, 0) is 18.2 Å². The molecule has 0 atom stereocenters. The van der Waals surface area contributed by atoms with Gasteiger partial charge in [-0.15, -0.1) is 0 Å². The Kier molecular flexibility index (Phi) is 2.33. The van der Waals surface area contributed by atoms with Crippen LogP contribution in [0, 0.1) is 0 Å². The van der Waals surface area contributed by atoms with Crippen LogP contribution in [-0.2, 0) is 6.54 Å². The van der Waals surface area contributed by atoms with Crippen LogP contribution in [-0.4, -0.2) is 12.2 Å². The fourth-order valence-corrected chi connectivity index (χ4v) is 0.878. The Hall–Kier alpha value is -1.22. The van der Waals surface area contributed by atoms with Gasteiger partial charge in [0, 0.05) is 5.56 Å². The van der Waals surface area contributed by atoms with Gasteiger partial charge < -0.3 is 15.6 Å². The van der Waals surface area contributed by atoms with E-state index in [1.165, 1.54) is 7.11 Å². The van der Waals surface area contributed by atoms with Crippen molar-refractivity contribution in [1.82, 2.24) is 0 Å². The fourth-order valence-electron chi connectivity index (χ4n) is 0.878. The van der Waals surface area contributed by atoms with Gasteiger partial charge in [0.1, 0.15) is 0 Å². The maximum Gasteiger partial charge on any atom is 0.160 e. The highest BCUT2D eigenvalue weighted by atomic mass is 16.5. The first-order valence-corrected chi connectivity index (χ1v) is 3.43. The van der Waals surface area contributed by atoms with Crippen molar-refractivity contribution >= 4 is 0 Å². The van der Waals surface area contributed by atoms with Gasteiger partial charge in [-0.25, -0.2) is 0 Å². The summed E-state index contributed by atoms with van der Waals surface area (Å²) in [7, 11) is 1.53. The number of phenols is 1. The number of hydrogen-bond donors (Lipinski definition) is 2. The largest absolute Gasteiger partial charge is 0.504 e. The predicted octanol–water partition coefficient (Wildman–Crippen LogP) is 0.143. The number of aromatic hydroxyl groups is 1. The SMILES string of the molecule is COc1cc(C[NH3+])ccc1O. The normalized spacial score (nSPS) is 9.64. The molecule has 3 heteroatoms. The van der Waals surface area contributed by atoms with E-state index in [-0.39, 0.29) is 5.75 Å². The van der Waals surface area contributed by atoms with Crippen LogP contribution in [0.1, 0.15) is 5.56 Å². The summed E-state index contributed by atoms with van der Waals surface area (Å²) in [6.45, 7) is 0.705. The topological polar surface area (TPSA) is 57.1 Å². The van der Waals surface area contributed by atoms with Crippen molar-refractivity contribution in [3.8, 4) is 11.5 Å². The molecule has 0 unspecified atom stereocenters. The third-order valence-electron chi connectivity index (χ3n) is 1.53. The maximum atomic E-state index is 9.19. The standard InChI is InChI=1S/C8H11NO2/c1-11-8-4-6(5-9)2-3-7(8)10/h2-4,10H,5,9H2,1H3/p+1. The maximum absolute atomic E-state index is 9.19. The molecule has 0 aromatic heterocycles. The summed E-state index contributed by atoms with van der Waals surface area (Å²) in [5, 5.41) is 9.19. The van der Waals surface area contributed by atoms with Crippen molar-refractivity contribution in [3.63, 3.8) is 0 Å². The van der Waals surface area contributed by atoms with Crippen molar-refractivity contribution in [2.24, 2.45) is 0 Å². The van der Waals surface area contributed by atoms with E-state index in [4.69, 9.17) is 4.74 Å². The van der Waals surface area contributed by atoms with Gasteiger partial charge in [-0.1, -0.05) is 0 Å². The molecule has 0 aliphatic heterocycles. The lowest BCUT2D eigenvalue weighted by Gasteiger charge is -2.03. The van der Waals surface area contributed by atoms with E-state index >= 15 is 0 Å². The zero-order valence-electron chi connectivity index (χ0n) is 6.50. The number of phenolic OH excluding ortho intramolecular Hbond substituents is 1. The Balaban J connectivity index is 3.02. The molecular formula is C8H12NO2+. The van der Waals surface area contributed by atoms with Crippen molar-refractivity contribution in [2.45, 2.75) is 6.54 Å². The smallest absolute Gasteiger partial charge is 0.160 e. The molecule has 1 aromatic rings. The molecule has 0 radical (unpaired) electrons. The van der Waals surface area contributed by atoms with Gasteiger partial charge in [-0.2, -0.15) is 0 Å². The van der Waals surface area contributed by atoms with Crippen molar-refractivity contribution in [2.75, 3.05) is 7.11 Å². The van der Waals surface area contributed by atoms with Gasteiger partial charge >= 0.3 is 0 Å². The molecule has 3 nitrogen and oxygen atoms in total. The second-order valence-corrected chi connectivity index (χ2v) is 2.26. The van der Waals surface area contributed by atoms with E-state index in [0.29, 0.717) is 12.3 Å². The molecule has 0 saturated carbocycles. The molecule has 11 heavy (non-hydrogen) atoms. The molecule has 0 heterocycles. The van der Waals surface area contributed by atoms with Crippen LogP contribution in [0.3, 0.4) is 0 Å². The zero-order chi connectivity index (χ0) is 8.27. The molecule has 1 rings (SSSR count). The first-order chi connectivity index (χ1) is 5.27. The lowest BCUT2D eigenvalue weighted by atomic mass is 10.2. The highest BCUT2D eigenvalue weighted by Gasteiger charge is 2.01. The van der Waals surface area contributed by atoms with Crippen LogP contribution in [0.2, 0.25) is 0 Å². The third kappa shape index (κ3) is 1.62. The summed E-state index contributed by atoms with van der Waals surface area (Å²) in [4.78, 5) is 0. The minimum absolute atomic E-state index is 0.171. The monoisotopic (exact) mass is 154 g/mol. The van der Waals surface area contributed by atoms with Gasteiger partial charge in [0.05, 0.1) is 13.7 Å². The van der Waals surface area contributed by atoms with E-state index < -0.39 is 0 Å². The van der Waals surface area contributed by atoms with Crippen LogP contribution < -0.4 is 10.5 Å². The van der Waals surface area contributed by atoms with Crippen molar-refractivity contribution in [3.05, 3.63) is 23.8 Å². The highest BCUT2D eigenvalue weighted by molar-refractivity contribution is 5.41. The van der Waals surface area contributed by atoms with Crippen LogP contribution in [0.15, 0.2) is 18.2 Å². The summed E-state index contributed by atoms with van der Waals surface area (Å²) in [5.41, 5.74) is 4.78. The number of rotatable bonds is 2. The minimum Gasteiger partial charge on any atom is -0.504 e. The first-order valence-electron chi connectivity index (χ1n) is 3.43. The average Bonchev–Trinajstić information content (AvgIpc) is 2.05. The Morgan fingerprint density at radius 2 is 2.27 bits per heavy atom. The molecular weight excluding hydrogens is 142 g/mol. The molecule has 0 bridgehead atoms. The number of methoxy groups -OCH3 is 1. The summed E-state index contributed by atoms with van der Waals surface area (Å²) in [5.74, 6) is 0.677. The quantitative estimate of drug-likeness (QED) is 0.636. The molecule has 4 N–H and O–H groups in total. The molecule has 60 valence electrons. The average molecular weight is 154 g/mol.